The van der Waals surface area contributed by atoms with Crippen LogP contribution in [0.1, 0.15) is 50.2 Å². The minimum Gasteiger partial charge on any atom is -0.354 e. The first-order valence-corrected chi connectivity index (χ1v) is 11.0. The molecule has 1 aliphatic rings. The molecular weight excluding hydrogens is 391 g/mol. The zero-order valence-corrected chi connectivity index (χ0v) is 18.1. The van der Waals surface area contributed by atoms with E-state index < -0.39 is 6.04 Å². The normalized spacial score (nSPS) is 14.5. The van der Waals surface area contributed by atoms with E-state index >= 15 is 0 Å². The number of halogens is 1. The largest absolute Gasteiger partial charge is 0.354 e. The van der Waals surface area contributed by atoms with Gasteiger partial charge >= 0.3 is 0 Å². The van der Waals surface area contributed by atoms with E-state index in [-0.39, 0.29) is 24.2 Å². The molecule has 0 spiro atoms. The van der Waals surface area contributed by atoms with Crippen LogP contribution in [0.15, 0.2) is 66.2 Å². The van der Waals surface area contributed by atoms with E-state index in [1.54, 1.807) is 17.0 Å². The highest BCUT2D eigenvalue weighted by atomic mass is 19.1. The number of carbonyl (C=O) groups is 2. The molecule has 0 saturated heterocycles. The molecule has 0 fully saturated rings. The molecule has 0 bridgehead atoms. The van der Waals surface area contributed by atoms with Crippen molar-refractivity contribution in [3.63, 3.8) is 0 Å². The highest BCUT2D eigenvalue weighted by molar-refractivity contribution is 5.87. The Labute approximate surface area is 184 Å². The maximum absolute atomic E-state index is 13.3. The van der Waals surface area contributed by atoms with Crippen LogP contribution in [0.25, 0.3) is 0 Å². The zero-order valence-electron chi connectivity index (χ0n) is 18.1. The van der Waals surface area contributed by atoms with Crippen LogP contribution < -0.4 is 5.32 Å². The van der Waals surface area contributed by atoms with Gasteiger partial charge in [0.25, 0.3) is 0 Å². The monoisotopic (exact) mass is 422 g/mol. The Morgan fingerprint density at radius 3 is 2.42 bits per heavy atom. The van der Waals surface area contributed by atoms with Crippen molar-refractivity contribution in [2.24, 2.45) is 0 Å². The quantitative estimate of drug-likeness (QED) is 0.591. The molecule has 1 N–H and O–H groups in total. The summed E-state index contributed by atoms with van der Waals surface area (Å²) in [6.07, 6.45) is 8.24. The fourth-order valence-electron chi connectivity index (χ4n) is 4.01. The van der Waals surface area contributed by atoms with Crippen LogP contribution in [0.3, 0.4) is 0 Å². The van der Waals surface area contributed by atoms with Crippen molar-refractivity contribution in [3.8, 4) is 0 Å². The van der Waals surface area contributed by atoms with Gasteiger partial charge in [0.15, 0.2) is 0 Å². The van der Waals surface area contributed by atoms with Crippen molar-refractivity contribution < 1.29 is 14.0 Å². The molecule has 0 saturated carbocycles. The van der Waals surface area contributed by atoms with E-state index in [2.05, 4.69) is 11.4 Å². The van der Waals surface area contributed by atoms with E-state index in [0.717, 1.165) is 30.4 Å². The summed E-state index contributed by atoms with van der Waals surface area (Å²) < 4.78 is 13.3. The summed E-state index contributed by atoms with van der Waals surface area (Å²) in [5, 5.41) is 3.05. The molecule has 0 radical (unpaired) electrons. The van der Waals surface area contributed by atoms with Gasteiger partial charge in [0.1, 0.15) is 11.9 Å². The van der Waals surface area contributed by atoms with Crippen molar-refractivity contribution in [3.05, 3.63) is 83.2 Å². The summed E-state index contributed by atoms with van der Waals surface area (Å²) in [7, 11) is 0. The maximum atomic E-state index is 13.3. The van der Waals surface area contributed by atoms with Gasteiger partial charge in [-0.3, -0.25) is 9.59 Å². The first kappa shape index (κ1) is 22.7. The Hall–Kier alpha value is -2.95. The fourth-order valence-corrected chi connectivity index (χ4v) is 4.01. The Bertz CT molecular complexity index is 893. The summed E-state index contributed by atoms with van der Waals surface area (Å²) in [6, 6.07) is 15.1. The summed E-state index contributed by atoms with van der Waals surface area (Å²) >= 11 is 0. The molecule has 2 amide bonds. The summed E-state index contributed by atoms with van der Waals surface area (Å²) in [4.78, 5) is 27.3. The number of rotatable bonds is 9. The highest BCUT2D eigenvalue weighted by Gasteiger charge is 2.28. The average Bonchev–Trinajstić information content (AvgIpc) is 2.78. The molecule has 31 heavy (non-hydrogen) atoms. The van der Waals surface area contributed by atoms with Gasteiger partial charge in [-0.1, -0.05) is 54.1 Å². The second-order valence-electron chi connectivity index (χ2n) is 8.13. The number of benzene rings is 2. The third-order valence-corrected chi connectivity index (χ3v) is 5.75. The van der Waals surface area contributed by atoms with Crippen molar-refractivity contribution in [2.45, 2.75) is 58.0 Å². The molecule has 0 aliphatic heterocycles. The number of carbonyl (C=O) groups excluding carboxylic acids is 2. The number of nitrogens with one attached hydrogen (secondary N) is 1. The molecular formula is C26H31FN2O2. The van der Waals surface area contributed by atoms with Gasteiger partial charge in [0.2, 0.25) is 11.8 Å². The maximum Gasteiger partial charge on any atom is 0.243 e. The van der Waals surface area contributed by atoms with Crippen molar-refractivity contribution in [1.29, 1.82) is 0 Å². The van der Waals surface area contributed by atoms with Gasteiger partial charge in [-0.05, 0) is 55.4 Å². The first-order valence-electron chi connectivity index (χ1n) is 11.0. The van der Waals surface area contributed by atoms with Gasteiger partial charge in [0.05, 0.1) is 0 Å². The smallest absolute Gasteiger partial charge is 0.243 e. The lowest BCUT2D eigenvalue weighted by atomic mass is 9.97. The van der Waals surface area contributed by atoms with Crippen molar-refractivity contribution in [1.82, 2.24) is 10.2 Å². The number of nitrogens with zero attached hydrogens (tertiary/aromatic N) is 1. The van der Waals surface area contributed by atoms with Gasteiger partial charge < -0.3 is 10.2 Å². The molecule has 0 aromatic heterocycles. The van der Waals surface area contributed by atoms with Gasteiger partial charge in [-0.15, -0.1) is 0 Å². The molecule has 0 heterocycles. The van der Waals surface area contributed by atoms with Crippen LogP contribution in [-0.4, -0.2) is 29.3 Å². The predicted molar refractivity (Wildman–Crippen MR) is 121 cm³/mol. The number of hydrogen-bond acceptors (Lipinski definition) is 2. The van der Waals surface area contributed by atoms with Crippen LogP contribution in [0.2, 0.25) is 0 Å². The lowest BCUT2D eigenvalue weighted by molar-refractivity contribution is -0.139. The molecule has 1 aliphatic carbocycles. The standard InChI is InChI=1S/C26H31FN2O2/c1-20(30)29(19-23-12-14-24(27)15-13-23)25(18-22-10-6-3-7-11-22)26(31)28-17-16-21-8-4-2-5-9-21/h3,6-8,10-15,25H,2,4-5,9,16-19H2,1H3,(H,28,31)/t25-/m0/s1. The van der Waals surface area contributed by atoms with Crippen molar-refractivity contribution >= 4 is 11.8 Å². The molecule has 2 aromatic carbocycles. The Morgan fingerprint density at radius 2 is 1.77 bits per heavy atom. The lowest BCUT2D eigenvalue weighted by Crippen LogP contribution is -2.50. The zero-order chi connectivity index (χ0) is 22.1. The average molecular weight is 423 g/mol. The Kier molecular flexibility index (Phi) is 8.39. The molecule has 0 unspecified atom stereocenters. The van der Waals surface area contributed by atoms with Crippen LogP contribution in [0.4, 0.5) is 4.39 Å². The van der Waals surface area contributed by atoms with E-state index in [9.17, 15) is 14.0 Å². The second-order valence-corrected chi connectivity index (χ2v) is 8.13. The van der Waals surface area contributed by atoms with Crippen LogP contribution in [0, 0.1) is 5.82 Å². The number of allylic oxidation sites excluding steroid dienone is 1. The van der Waals surface area contributed by atoms with Crippen molar-refractivity contribution in [2.75, 3.05) is 6.54 Å². The summed E-state index contributed by atoms with van der Waals surface area (Å²) in [5.41, 5.74) is 3.18. The van der Waals surface area contributed by atoms with Gasteiger partial charge in [-0.25, -0.2) is 4.39 Å². The molecule has 2 aromatic rings. The van der Waals surface area contributed by atoms with E-state index in [1.807, 2.05) is 30.3 Å². The Balaban J connectivity index is 1.73. The third-order valence-electron chi connectivity index (χ3n) is 5.75. The van der Waals surface area contributed by atoms with Gasteiger partial charge in [0, 0.05) is 26.4 Å². The predicted octanol–water partition coefficient (Wildman–Crippen LogP) is 4.79. The number of hydrogen-bond donors (Lipinski definition) is 1. The number of amides is 2. The SMILES string of the molecule is CC(=O)N(Cc1ccc(F)cc1)[C@@H](Cc1ccccc1)C(=O)NCCC1=CCCCC1. The lowest BCUT2D eigenvalue weighted by Gasteiger charge is -2.30. The van der Waals surface area contributed by atoms with E-state index in [4.69, 9.17) is 0 Å². The van der Waals surface area contributed by atoms with Crippen LogP contribution >= 0.6 is 0 Å². The Morgan fingerprint density at radius 1 is 1.03 bits per heavy atom. The third kappa shape index (κ3) is 7.06. The molecule has 164 valence electrons. The summed E-state index contributed by atoms with van der Waals surface area (Å²) in [5.74, 6) is -0.665. The van der Waals surface area contributed by atoms with Crippen LogP contribution in [-0.2, 0) is 22.6 Å². The topological polar surface area (TPSA) is 49.4 Å². The minimum absolute atomic E-state index is 0.155. The van der Waals surface area contributed by atoms with E-state index in [0.29, 0.717) is 13.0 Å². The second kappa shape index (κ2) is 11.4. The summed E-state index contributed by atoms with van der Waals surface area (Å²) in [6.45, 7) is 2.30. The van der Waals surface area contributed by atoms with Gasteiger partial charge in [-0.2, -0.15) is 0 Å². The minimum atomic E-state index is -0.634. The molecule has 4 nitrogen and oxygen atoms in total. The van der Waals surface area contributed by atoms with Crippen LogP contribution in [0.5, 0.6) is 0 Å². The molecule has 3 rings (SSSR count). The first-order chi connectivity index (χ1) is 15.0. The molecule has 1 atom stereocenters. The highest BCUT2D eigenvalue weighted by Crippen LogP contribution is 2.20. The van der Waals surface area contributed by atoms with E-state index in [1.165, 1.54) is 37.5 Å². The fraction of sp³-hybridized carbons (Fsp3) is 0.385. The molecule has 5 heteroatoms.